The second-order valence-corrected chi connectivity index (χ2v) is 2.96. The van der Waals surface area contributed by atoms with Crippen molar-refractivity contribution in [3.8, 4) is 11.5 Å². The first kappa shape index (κ1) is 8.23. The number of anilines is 1. The largest absolute Gasteiger partial charge is 0.494 e. The lowest BCUT2D eigenvalue weighted by molar-refractivity contribution is 0.321. The Morgan fingerprint density at radius 2 is 2.38 bits per heavy atom. The van der Waals surface area contributed by atoms with Gasteiger partial charge in [0.05, 0.1) is 13.7 Å². The van der Waals surface area contributed by atoms with Gasteiger partial charge in [0.25, 0.3) is 0 Å². The van der Waals surface area contributed by atoms with Gasteiger partial charge in [-0.1, -0.05) is 6.07 Å². The van der Waals surface area contributed by atoms with Gasteiger partial charge in [0.2, 0.25) is 0 Å². The van der Waals surface area contributed by atoms with Crippen molar-refractivity contribution >= 4 is 5.69 Å². The van der Waals surface area contributed by atoms with Gasteiger partial charge in [-0.2, -0.15) is 0 Å². The SMILES string of the molecule is COc1cccc2c1NCCCO2. The van der Waals surface area contributed by atoms with E-state index in [0.717, 1.165) is 36.8 Å². The van der Waals surface area contributed by atoms with Gasteiger partial charge in [-0.3, -0.25) is 0 Å². The maximum absolute atomic E-state index is 5.55. The molecule has 2 rings (SSSR count). The summed E-state index contributed by atoms with van der Waals surface area (Å²) in [6.07, 6.45) is 1.03. The van der Waals surface area contributed by atoms with Gasteiger partial charge < -0.3 is 14.8 Å². The summed E-state index contributed by atoms with van der Waals surface area (Å²) in [6.45, 7) is 1.71. The maximum Gasteiger partial charge on any atom is 0.146 e. The van der Waals surface area contributed by atoms with Gasteiger partial charge in [-0.05, 0) is 18.6 Å². The Hall–Kier alpha value is -1.38. The van der Waals surface area contributed by atoms with E-state index in [2.05, 4.69) is 5.32 Å². The van der Waals surface area contributed by atoms with E-state index in [1.807, 2.05) is 18.2 Å². The molecule has 1 N–H and O–H groups in total. The fourth-order valence-corrected chi connectivity index (χ4v) is 1.44. The Labute approximate surface area is 77.7 Å². The van der Waals surface area contributed by atoms with E-state index >= 15 is 0 Å². The molecule has 1 aromatic carbocycles. The topological polar surface area (TPSA) is 30.5 Å². The minimum atomic E-state index is 0.771. The highest BCUT2D eigenvalue weighted by Crippen LogP contribution is 2.35. The molecular formula is C10H13NO2. The molecule has 70 valence electrons. The van der Waals surface area contributed by atoms with Crippen LogP contribution in [0.2, 0.25) is 0 Å². The van der Waals surface area contributed by atoms with Crippen LogP contribution in [0, 0.1) is 0 Å². The van der Waals surface area contributed by atoms with Crippen LogP contribution in [0.3, 0.4) is 0 Å². The van der Waals surface area contributed by atoms with Gasteiger partial charge >= 0.3 is 0 Å². The van der Waals surface area contributed by atoms with Crippen LogP contribution in [0.4, 0.5) is 5.69 Å². The average Bonchev–Trinajstić information content (AvgIpc) is 2.41. The summed E-state index contributed by atoms with van der Waals surface area (Å²) in [7, 11) is 1.67. The molecule has 0 unspecified atom stereocenters. The summed E-state index contributed by atoms with van der Waals surface area (Å²) in [5, 5.41) is 3.29. The number of hydrogen-bond donors (Lipinski definition) is 1. The Kier molecular flexibility index (Phi) is 2.25. The quantitative estimate of drug-likeness (QED) is 0.714. The van der Waals surface area contributed by atoms with Crippen LogP contribution in [-0.2, 0) is 0 Å². The molecule has 1 aliphatic heterocycles. The summed E-state index contributed by atoms with van der Waals surface area (Å²) in [5.41, 5.74) is 0.975. The zero-order chi connectivity index (χ0) is 9.10. The molecule has 1 aliphatic rings. The summed E-state index contributed by atoms with van der Waals surface area (Å²) in [4.78, 5) is 0. The molecule has 0 spiro atoms. The molecule has 3 heteroatoms. The Morgan fingerprint density at radius 3 is 3.23 bits per heavy atom. The normalized spacial score (nSPS) is 14.8. The van der Waals surface area contributed by atoms with Gasteiger partial charge in [-0.15, -0.1) is 0 Å². The van der Waals surface area contributed by atoms with Crippen molar-refractivity contribution in [3.63, 3.8) is 0 Å². The van der Waals surface area contributed by atoms with E-state index in [4.69, 9.17) is 9.47 Å². The first-order chi connectivity index (χ1) is 6.42. The predicted octanol–water partition coefficient (Wildman–Crippen LogP) is 1.89. The fourth-order valence-electron chi connectivity index (χ4n) is 1.44. The molecule has 3 nitrogen and oxygen atoms in total. The third kappa shape index (κ3) is 1.54. The van der Waals surface area contributed by atoms with Crippen molar-refractivity contribution in [2.75, 3.05) is 25.6 Å². The number of fused-ring (bicyclic) bond motifs is 1. The minimum absolute atomic E-state index is 0.771. The van der Waals surface area contributed by atoms with E-state index in [1.165, 1.54) is 0 Å². The van der Waals surface area contributed by atoms with Gasteiger partial charge in [0, 0.05) is 6.54 Å². The van der Waals surface area contributed by atoms with Crippen molar-refractivity contribution in [2.45, 2.75) is 6.42 Å². The third-order valence-corrected chi connectivity index (χ3v) is 2.09. The van der Waals surface area contributed by atoms with E-state index in [0.29, 0.717) is 0 Å². The Morgan fingerprint density at radius 1 is 1.46 bits per heavy atom. The molecule has 0 atom stereocenters. The highest BCUT2D eigenvalue weighted by molar-refractivity contribution is 5.66. The first-order valence-corrected chi connectivity index (χ1v) is 4.45. The Bertz CT molecular complexity index is 299. The molecule has 0 bridgehead atoms. The highest BCUT2D eigenvalue weighted by Gasteiger charge is 2.11. The zero-order valence-corrected chi connectivity index (χ0v) is 7.67. The number of nitrogens with one attached hydrogen (secondary N) is 1. The summed E-state index contributed by atoms with van der Waals surface area (Å²) >= 11 is 0. The van der Waals surface area contributed by atoms with Crippen molar-refractivity contribution < 1.29 is 9.47 Å². The second-order valence-electron chi connectivity index (χ2n) is 2.96. The van der Waals surface area contributed by atoms with E-state index < -0.39 is 0 Å². The molecule has 0 saturated carbocycles. The van der Waals surface area contributed by atoms with Crippen LogP contribution in [0.5, 0.6) is 11.5 Å². The summed E-state index contributed by atoms with van der Waals surface area (Å²) in [5.74, 6) is 1.73. The van der Waals surface area contributed by atoms with Crippen LogP contribution in [0.15, 0.2) is 18.2 Å². The smallest absolute Gasteiger partial charge is 0.146 e. The van der Waals surface area contributed by atoms with Crippen molar-refractivity contribution in [3.05, 3.63) is 18.2 Å². The van der Waals surface area contributed by atoms with E-state index in [9.17, 15) is 0 Å². The number of hydrogen-bond acceptors (Lipinski definition) is 3. The summed E-state index contributed by atoms with van der Waals surface area (Å²) < 4.78 is 10.8. The summed E-state index contributed by atoms with van der Waals surface area (Å²) in [6, 6.07) is 5.82. The lowest BCUT2D eigenvalue weighted by Gasteiger charge is -2.11. The molecule has 1 aromatic rings. The van der Waals surface area contributed by atoms with Crippen LogP contribution < -0.4 is 14.8 Å². The second kappa shape index (κ2) is 3.56. The van der Waals surface area contributed by atoms with Crippen LogP contribution in [0.1, 0.15) is 6.42 Å². The molecule has 13 heavy (non-hydrogen) atoms. The molecular weight excluding hydrogens is 166 g/mol. The monoisotopic (exact) mass is 179 g/mol. The van der Waals surface area contributed by atoms with Crippen LogP contribution in [0.25, 0.3) is 0 Å². The van der Waals surface area contributed by atoms with Gasteiger partial charge in [-0.25, -0.2) is 0 Å². The van der Waals surface area contributed by atoms with Gasteiger partial charge in [0.15, 0.2) is 0 Å². The molecule has 0 amide bonds. The van der Waals surface area contributed by atoms with Crippen molar-refractivity contribution in [1.29, 1.82) is 0 Å². The maximum atomic E-state index is 5.55. The third-order valence-electron chi connectivity index (χ3n) is 2.09. The number of benzene rings is 1. The lowest BCUT2D eigenvalue weighted by Crippen LogP contribution is -2.01. The number of methoxy groups -OCH3 is 1. The van der Waals surface area contributed by atoms with Crippen molar-refractivity contribution in [1.82, 2.24) is 0 Å². The van der Waals surface area contributed by atoms with E-state index in [-0.39, 0.29) is 0 Å². The predicted molar refractivity (Wildman–Crippen MR) is 51.6 cm³/mol. The molecule has 0 aromatic heterocycles. The number of rotatable bonds is 1. The molecule has 1 heterocycles. The molecule has 0 saturated heterocycles. The van der Waals surface area contributed by atoms with Crippen molar-refractivity contribution in [2.24, 2.45) is 0 Å². The molecule has 0 fully saturated rings. The van der Waals surface area contributed by atoms with E-state index in [1.54, 1.807) is 7.11 Å². The first-order valence-electron chi connectivity index (χ1n) is 4.45. The molecule has 0 radical (unpaired) electrons. The average molecular weight is 179 g/mol. The number of para-hydroxylation sites is 1. The zero-order valence-electron chi connectivity index (χ0n) is 7.67. The highest BCUT2D eigenvalue weighted by atomic mass is 16.5. The standard InChI is InChI=1S/C10H13NO2/c1-12-8-4-2-5-9-10(8)11-6-3-7-13-9/h2,4-5,11H,3,6-7H2,1H3. The Balaban J connectivity index is 2.40. The lowest BCUT2D eigenvalue weighted by atomic mass is 10.2. The van der Waals surface area contributed by atoms with Crippen LogP contribution >= 0.6 is 0 Å². The van der Waals surface area contributed by atoms with Gasteiger partial charge in [0.1, 0.15) is 17.2 Å². The van der Waals surface area contributed by atoms with Crippen LogP contribution in [-0.4, -0.2) is 20.3 Å². The molecule has 0 aliphatic carbocycles. The fraction of sp³-hybridized carbons (Fsp3) is 0.400. The minimum Gasteiger partial charge on any atom is -0.494 e. The number of ether oxygens (including phenoxy) is 2.